The zero-order valence-corrected chi connectivity index (χ0v) is 35.9. The van der Waals surface area contributed by atoms with E-state index in [1.807, 2.05) is 0 Å². The Balaban J connectivity index is 1.06. The molecule has 0 atom stereocenters. The summed E-state index contributed by atoms with van der Waals surface area (Å²) in [4.78, 5) is 2.48. The van der Waals surface area contributed by atoms with Crippen LogP contribution in [-0.2, 0) is 21.7 Å². The van der Waals surface area contributed by atoms with Crippen molar-refractivity contribution in [2.24, 2.45) is 0 Å². The lowest BCUT2D eigenvalue weighted by Crippen LogP contribution is -2.34. The van der Waals surface area contributed by atoms with Crippen molar-refractivity contribution < 1.29 is 4.42 Å². The van der Waals surface area contributed by atoms with Gasteiger partial charge in [-0.1, -0.05) is 145 Å². The highest BCUT2D eigenvalue weighted by Gasteiger charge is 2.48. The molecule has 0 radical (unpaired) electrons. The van der Waals surface area contributed by atoms with Gasteiger partial charge in [0.2, 0.25) is 0 Å². The number of para-hydroxylation sites is 2. The molecular weight excluding hydrogens is 727 g/mol. The van der Waals surface area contributed by atoms with Crippen LogP contribution in [0.3, 0.4) is 0 Å². The summed E-state index contributed by atoms with van der Waals surface area (Å²) in [5.74, 6) is 0. The van der Waals surface area contributed by atoms with Gasteiger partial charge < -0.3 is 9.32 Å². The highest BCUT2D eigenvalue weighted by Crippen LogP contribution is 2.61. The Kier molecular flexibility index (Phi) is 7.42. The van der Waals surface area contributed by atoms with Crippen molar-refractivity contribution >= 4 is 39.0 Å². The molecule has 1 fully saturated rings. The highest BCUT2D eigenvalue weighted by molar-refractivity contribution is 6.10. The first-order valence-electron chi connectivity index (χ1n) is 22.3. The fourth-order valence-electron chi connectivity index (χ4n) is 12.3. The van der Waals surface area contributed by atoms with Crippen molar-refractivity contribution in [3.63, 3.8) is 0 Å². The van der Waals surface area contributed by atoms with E-state index in [2.05, 4.69) is 186 Å². The van der Waals surface area contributed by atoms with E-state index in [9.17, 15) is 0 Å². The smallest absolute Gasteiger partial charge is 0.159 e. The monoisotopic (exact) mass is 779 g/mol. The Hall–Kier alpha value is -5.86. The summed E-state index contributed by atoms with van der Waals surface area (Å²) in [6, 6.07) is 53.1. The maximum atomic E-state index is 6.82. The van der Waals surface area contributed by atoms with E-state index in [1.165, 1.54) is 94.3 Å². The molecule has 4 aliphatic rings. The molecule has 0 aliphatic heterocycles. The van der Waals surface area contributed by atoms with E-state index in [4.69, 9.17) is 4.42 Å². The van der Waals surface area contributed by atoms with Crippen LogP contribution in [0.4, 0.5) is 17.1 Å². The maximum absolute atomic E-state index is 6.82. The molecule has 60 heavy (non-hydrogen) atoms. The summed E-state index contributed by atoms with van der Waals surface area (Å²) in [5.41, 5.74) is 22.6. The molecule has 1 heterocycles. The summed E-state index contributed by atoms with van der Waals surface area (Å²) in [6.07, 6.45) is 7.38. The summed E-state index contributed by atoms with van der Waals surface area (Å²) in [5, 5.41) is 2.29. The SMILES string of the molecule is CC1(C)CCC(C)(C)c2cc3c(cc21)-c1ccc(N(c2cccc(-c4ccc5c(c4)-c4ccccc4C5(C)C)c2)c2cccc4c2oc2ccccc24)cc1C31CCCC1. The van der Waals surface area contributed by atoms with Gasteiger partial charge >= 0.3 is 0 Å². The number of hydrogen-bond donors (Lipinski definition) is 0. The second-order valence-electron chi connectivity index (χ2n) is 20.3. The number of anilines is 3. The molecule has 296 valence electrons. The van der Waals surface area contributed by atoms with Crippen molar-refractivity contribution in [3.8, 4) is 33.4 Å². The zero-order chi connectivity index (χ0) is 40.8. The Morgan fingerprint density at radius 3 is 1.90 bits per heavy atom. The first-order valence-corrected chi connectivity index (χ1v) is 22.3. The standard InChI is InChI=1S/C58H53NO/c1-55(2)29-30-56(3,4)51-35-49-45(34-50(51)55)41-25-24-39(33-48(41)58(49)27-11-12-28-58)59(52-21-14-19-43-42-18-8-10-22-53(42)60-54(43)52)38-16-13-15-36(31-38)37-23-26-47-44(32-37)40-17-7-9-20-46(40)57(47,5)6/h7-10,13-26,31-35H,11-12,27-30H2,1-6H3. The molecule has 2 heteroatoms. The molecule has 4 aliphatic carbocycles. The average Bonchev–Trinajstić information content (AvgIpc) is 4.02. The molecule has 0 saturated heterocycles. The van der Waals surface area contributed by atoms with E-state index < -0.39 is 0 Å². The first-order chi connectivity index (χ1) is 28.9. The number of fused-ring (bicyclic) bond motifs is 12. The third kappa shape index (κ3) is 4.94. The van der Waals surface area contributed by atoms with E-state index in [0.717, 1.165) is 33.3 Å². The molecule has 1 spiro atoms. The minimum absolute atomic E-state index is 0.0238. The predicted molar refractivity (Wildman–Crippen MR) is 251 cm³/mol. The topological polar surface area (TPSA) is 16.4 Å². The van der Waals surface area contributed by atoms with Crippen LogP contribution >= 0.6 is 0 Å². The van der Waals surface area contributed by atoms with Gasteiger partial charge in [0.25, 0.3) is 0 Å². The van der Waals surface area contributed by atoms with Crippen LogP contribution in [0.15, 0.2) is 144 Å². The molecule has 2 nitrogen and oxygen atoms in total. The molecule has 1 aromatic heterocycles. The Bertz CT molecular complexity index is 3090. The number of hydrogen-bond acceptors (Lipinski definition) is 2. The van der Waals surface area contributed by atoms with Crippen LogP contribution in [0.5, 0.6) is 0 Å². The van der Waals surface area contributed by atoms with Gasteiger partial charge in [0.05, 0.1) is 5.69 Å². The van der Waals surface area contributed by atoms with Crippen LogP contribution in [0.1, 0.15) is 113 Å². The van der Waals surface area contributed by atoms with Gasteiger partial charge in [-0.15, -0.1) is 0 Å². The maximum Gasteiger partial charge on any atom is 0.159 e. The molecule has 0 amide bonds. The Morgan fingerprint density at radius 2 is 1.07 bits per heavy atom. The van der Waals surface area contributed by atoms with Gasteiger partial charge in [0.15, 0.2) is 5.58 Å². The van der Waals surface area contributed by atoms with Crippen molar-refractivity contribution in [2.45, 2.75) is 102 Å². The van der Waals surface area contributed by atoms with Crippen molar-refractivity contribution in [1.29, 1.82) is 0 Å². The molecule has 12 rings (SSSR count). The summed E-state index contributed by atoms with van der Waals surface area (Å²) < 4.78 is 6.82. The number of benzene rings is 7. The molecule has 7 aromatic carbocycles. The fraction of sp³-hybridized carbons (Fsp3) is 0.276. The average molecular weight is 780 g/mol. The zero-order valence-electron chi connectivity index (χ0n) is 35.9. The van der Waals surface area contributed by atoms with Crippen LogP contribution in [0.25, 0.3) is 55.3 Å². The Labute approximate surface area is 354 Å². The van der Waals surface area contributed by atoms with Crippen molar-refractivity contribution in [2.75, 3.05) is 4.90 Å². The number of nitrogens with zero attached hydrogens (tertiary/aromatic N) is 1. The number of rotatable bonds is 4. The lowest BCUT2D eigenvalue weighted by molar-refractivity contribution is 0.331. The highest BCUT2D eigenvalue weighted by atomic mass is 16.3. The van der Waals surface area contributed by atoms with Crippen LogP contribution < -0.4 is 4.90 Å². The molecule has 1 saturated carbocycles. The van der Waals surface area contributed by atoms with Gasteiger partial charge in [-0.05, 0) is 152 Å². The van der Waals surface area contributed by atoms with Crippen LogP contribution in [0, 0.1) is 0 Å². The lowest BCUT2D eigenvalue weighted by Gasteiger charge is -2.43. The second-order valence-corrected chi connectivity index (χ2v) is 20.3. The third-order valence-corrected chi connectivity index (χ3v) is 15.7. The van der Waals surface area contributed by atoms with E-state index in [-0.39, 0.29) is 21.7 Å². The van der Waals surface area contributed by atoms with E-state index in [0.29, 0.717) is 0 Å². The molecule has 8 aromatic rings. The quantitative estimate of drug-likeness (QED) is 0.177. The summed E-state index contributed by atoms with van der Waals surface area (Å²) in [7, 11) is 0. The number of furan rings is 1. The largest absolute Gasteiger partial charge is 0.454 e. The lowest BCUT2D eigenvalue weighted by atomic mass is 9.62. The van der Waals surface area contributed by atoms with Gasteiger partial charge in [0, 0.05) is 33.0 Å². The van der Waals surface area contributed by atoms with Gasteiger partial charge in [-0.2, -0.15) is 0 Å². The first kappa shape index (κ1) is 36.0. The Morgan fingerprint density at radius 1 is 0.433 bits per heavy atom. The normalized spacial score (nSPS) is 18.3. The van der Waals surface area contributed by atoms with Crippen LogP contribution in [-0.4, -0.2) is 0 Å². The van der Waals surface area contributed by atoms with Gasteiger partial charge in [-0.25, -0.2) is 0 Å². The summed E-state index contributed by atoms with van der Waals surface area (Å²) in [6.45, 7) is 14.6. The van der Waals surface area contributed by atoms with Crippen molar-refractivity contribution in [1.82, 2.24) is 0 Å². The van der Waals surface area contributed by atoms with Gasteiger partial charge in [0.1, 0.15) is 5.58 Å². The molecule has 0 bridgehead atoms. The van der Waals surface area contributed by atoms with E-state index in [1.54, 1.807) is 16.7 Å². The molecule has 0 unspecified atom stereocenters. The summed E-state index contributed by atoms with van der Waals surface area (Å²) >= 11 is 0. The van der Waals surface area contributed by atoms with E-state index >= 15 is 0 Å². The van der Waals surface area contributed by atoms with Gasteiger partial charge in [-0.3, -0.25) is 0 Å². The van der Waals surface area contributed by atoms with Crippen LogP contribution in [0.2, 0.25) is 0 Å². The predicted octanol–water partition coefficient (Wildman–Crippen LogP) is 16.2. The van der Waals surface area contributed by atoms with Crippen molar-refractivity contribution in [3.05, 3.63) is 173 Å². The second kappa shape index (κ2) is 12.4. The molecule has 0 N–H and O–H groups in total. The minimum Gasteiger partial charge on any atom is -0.454 e. The third-order valence-electron chi connectivity index (χ3n) is 15.7. The molecular formula is C58H53NO. The fourth-order valence-corrected chi connectivity index (χ4v) is 12.3. The minimum atomic E-state index is -0.0238.